The largest absolute Gasteiger partial charge is 0.496 e. The average molecular weight is 286 g/mol. The minimum atomic E-state index is -0.652. The zero-order chi connectivity index (χ0) is 15.4. The van der Waals surface area contributed by atoms with Crippen LogP contribution in [0.4, 0.5) is 0 Å². The number of hydrogen-bond acceptors (Lipinski definition) is 3. The number of carbonyl (C=O) groups is 2. The summed E-state index contributed by atoms with van der Waals surface area (Å²) < 4.78 is 5.29. The van der Waals surface area contributed by atoms with Crippen LogP contribution in [0.3, 0.4) is 0 Å². The molecule has 0 aliphatic heterocycles. The van der Waals surface area contributed by atoms with Gasteiger partial charge >= 0.3 is 0 Å². The first-order chi connectivity index (χ1) is 10.1. The van der Waals surface area contributed by atoms with Crippen LogP contribution in [0.2, 0.25) is 0 Å². The molecule has 0 atom stereocenters. The Morgan fingerprint density at radius 3 is 2.48 bits per heavy atom. The number of primary amides is 1. The first kappa shape index (κ1) is 14.8. The van der Waals surface area contributed by atoms with Gasteiger partial charge in [-0.05, 0) is 17.9 Å². The van der Waals surface area contributed by atoms with Crippen molar-refractivity contribution in [3.05, 3.63) is 41.5 Å². The molecule has 0 bridgehead atoms. The lowest BCUT2D eigenvalue weighted by atomic mass is 9.96. The van der Waals surface area contributed by atoms with Gasteiger partial charge in [0.1, 0.15) is 5.75 Å². The summed E-state index contributed by atoms with van der Waals surface area (Å²) in [6, 6.07) is 8.80. The molecule has 2 aromatic rings. The zero-order valence-corrected chi connectivity index (χ0v) is 12.1. The topological polar surface area (TPSA) is 81.4 Å². The molecule has 0 heterocycles. The smallest absolute Gasteiger partial charge is 0.252 e. The van der Waals surface area contributed by atoms with Gasteiger partial charge < -0.3 is 15.8 Å². The summed E-state index contributed by atoms with van der Waals surface area (Å²) in [4.78, 5) is 24.1. The molecule has 2 rings (SSSR count). The predicted molar refractivity (Wildman–Crippen MR) is 81.6 cm³/mol. The highest BCUT2D eigenvalue weighted by molar-refractivity contribution is 6.16. The van der Waals surface area contributed by atoms with E-state index in [1.807, 2.05) is 25.1 Å². The normalized spacial score (nSPS) is 10.4. The summed E-state index contributed by atoms with van der Waals surface area (Å²) in [7, 11) is 1.52. The van der Waals surface area contributed by atoms with Gasteiger partial charge in [-0.3, -0.25) is 9.59 Å². The summed E-state index contributed by atoms with van der Waals surface area (Å²) in [5.74, 6) is -0.434. The molecule has 5 nitrogen and oxygen atoms in total. The fourth-order valence-electron chi connectivity index (χ4n) is 2.28. The maximum atomic E-state index is 12.4. The molecule has 5 heteroatoms. The molecule has 0 spiro atoms. The lowest BCUT2D eigenvalue weighted by Crippen LogP contribution is -2.27. The van der Waals surface area contributed by atoms with Crippen LogP contribution in [0.15, 0.2) is 30.3 Å². The van der Waals surface area contributed by atoms with Crippen LogP contribution in [0, 0.1) is 0 Å². The SMILES string of the molecule is CCCNC(=O)c1c(C(N)=O)cc(OC)c2ccccc12. The average Bonchev–Trinajstić information content (AvgIpc) is 2.50. The minimum absolute atomic E-state index is 0.166. The highest BCUT2D eigenvalue weighted by Crippen LogP contribution is 2.31. The second kappa shape index (κ2) is 6.26. The Hall–Kier alpha value is -2.56. The van der Waals surface area contributed by atoms with Crippen molar-refractivity contribution < 1.29 is 14.3 Å². The van der Waals surface area contributed by atoms with E-state index in [-0.39, 0.29) is 11.5 Å². The van der Waals surface area contributed by atoms with Crippen LogP contribution in [0.25, 0.3) is 10.8 Å². The van der Waals surface area contributed by atoms with Crippen molar-refractivity contribution in [3.8, 4) is 5.75 Å². The minimum Gasteiger partial charge on any atom is -0.496 e. The number of amides is 2. The van der Waals surface area contributed by atoms with E-state index in [2.05, 4.69) is 5.32 Å². The van der Waals surface area contributed by atoms with E-state index >= 15 is 0 Å². The van der Waals surface area contributed by atoms with Gasteiger partial charge in [0.25, 0.3) is 5.91 Å². The summed E-state index contributed by atoms with van der Waals surface area (Å²) in [6.07, 6.45) is 0.811. The first-order valence-electron chi connectivity index (χ1n) is 6.77. The Labute approximate surface area is 123 Å². The quantitative estimate of drug-likeness (QED) is 0.883. The van der Waals surface area contributed by atoms with Crippen molar-refractivity contribution in [2.24, 2.45) is 5.73 Å². The van der Waals surface area contributed by atoms with Crippen LogP contribution in [0.1, 0.15) is 34.1 Å². The summed E-state index contributed by atoms with van der Waals surface area (Å²) >= 11 is 0. The Balaban J connectivity index is 2.73. The first-order valence-corrected chi connectivity index (χ1v) is 6.77. The van der Waals surface area contributed by atoms with E-state index in [1.165, 1.54) is 13.2 Å². The van der Waals surface area contributed by atoms with E-state index in [9.17, 15) is 9.59 Å². The molecule has 0 aliphatic carbocycles. The molecule has 0 saturated heterocycles. The lowest BCUT2D eigenvalue weighted by molar-refractivity contribution is 0.0937. The van der Waals surface area contributed by atoms with Gasteiger partial charge in [0, 0.05) is 11.9 Å². The molecule has 21 heavy (non-hydrogen) atoms. The molecule has 3 N–H and O–H groups in total. The number of ether oxygens (including phenoxy) is 1. The van der Waals surface area contributed by atoms with Gasteiger partial charge in [-0.15, -0.1) is 0 Å². The third-order valence-electron chi connectivity index (χ3n) is 3.25. The Morgan fingerprint density at radius 2 is 1.90 bits per heavy atom. The highest BCUT2D eigenvalue weighted by atomic mass is 16.5. The molecule has 0 unspecified atom stereocenters. The number of fused-ring (bicyclic) bond motifs is 1. The van der Waals surface area contributed by atoms with Crippen LogP contribution in [0.5, 0.6) is 5.75 Å². The molecular weight excluding hydrogens is 268 g/mol. The molecule has 110 valence electrons. The van der Waals surface area contributed by atoms with Crippen molar-refractivity contribution in [1.82, 2.24) is 5.32 Å². The highest BCUT2D eigenvalue weighted by Gasteiger charge is 2.21. The number of nitrogens with two attached hydrogens (primary N) is 1. The van der Waals surface area contributed by atoms with Gasteiger partial charge in [-0.25, -0.2) is 0 Å². The van der Waals surface area contributed by atoms with Gasteiger partial charge in [-0.2, -0.15) is 0 Å². The number of hydrogen-bond donors (Lipinski definition) is 2. The second-order valence-corrected chi connectivity index (χ2v) is 4.67. The summed E-state index contributed by atoms with van der Waals surface area (Å²) in [5, 5.41) is 4.21. The molecule has 2 aromatic carbocycles. The molecule has 0 saturated carbocycles. The van der Waals surface area contributed by atoms with Crippen LogP contribution < -0.4 is 15.8 Å². The van der Waals surface area contributed by atoms with Crippen LogP contribution in [-0.2, 0) is 0 Å². The number of methoxy groups -OCH3 is 1. The Bertz CT molecular complexity index is 695. The van der Waals surface area contributed by atoms with E-state index in [0.717, 1.165) is 11.8 Å². The van der Waals surface area contributed by atoms with Gasteiger partial charge in [-0.1, -0.05) is 31.2 Å². The maximum Gasteiger partial charge on any atom is 0.252 e. The zero-order valence-electron chi connectivity index (χ0n) is 12.1. The standard InChI is InChI=1S/C16H18N2O3/c1-3-8-18-16(20)14-11-7-5-4-6-10(11)13(21-2)9-12(14)15(17)19/h4-7,9H,3,8H2,1-2H3,(H2,17,19)(H,18,20). The number of carbonyl (C=O) groups excluding carboxylic acids is 2. The molecule has 2 amide bonds. The Morgan fingerprint density at radius 1 is 1.24 bits per heavy atom. The lowest BCUT2D eigenvalue weighted by Gasteiger charge is -2.14. The molecule has 0 aromatic heterocycles. The van der Waals surface area contributed by atoms with Crippen molar-refractivity contribution in [2.75, 3.05) is 13.7 Å². The van der Waals surface area contributed by atoms with Gasteiger partial charge in [0.2, 0.25) is 5.91 Å². The molecule has 0 radical (unpaired) electrons. The monoisotopic (exact) mass is 286 g/mol. The second-order valence-electron chi connectivity index (χ2n) is 4.67. The molecule has 0 fully saturated rings. The van der Waals surface area contributed by atoms with Crippen molar-refractivity contribution in [3.63, 3.8) is 0 Å². The third-order valence-corrected chi connectivity index (χ3v) is 3.25. The predicted octanol–water partition coefficient (Wildman–Crippen LogP) is 2.09. The van der Waals surface area contributed by atoms with E-state index < -0.39 is 5.91 Å². The van der Waals surface area contributed by atoms with Crippen molar-refractivity contribution in [2.45, 2.75) is 13.3 Å². The fraction of sp³-hybridized carbons (Fsp3) is 0.250. The van der Waals surface area contributed by atoms with E-state index in [4.69, 9.17) is 10.5 Å². The Kier molecular flexibility index (Phi) is 4.42. The van der Waals surface area contributed by atoms with E-state index in [1.54, 1.807) is 6.07 Å². The number of rotatable bonds is 5. The van der Waals surface area contributed by atoms with Crippen LogP contribution in [-0.4, -0.2) is 25.5 Å². The van der Waals surface area contributed by atoms with Crippen molar-refractivity contribution in [1.29, 1.82) is 0 Å². The van der Waals surface area contributed by atoms with E-state index in [0.29, 0.717) is 23.2 Å². The number of nitrogens with one attached hydrogen (secondary N) is 1. The summed E-state index contributed by atoms with van der Waals surface area (Å²) in [6.45, 7) is 2.50. The summed E-state index contributed by atoms with van der Waals surface area (Å²) in [5.41, 5.74) is 5.89. The molecular formula is C16H18N2O3. The van der Waals surface area contributed by atoms with Gasteiger partial charge in [0.05, 0.1) is 18.2 Å². The van der Waals surface area contributed by atoms with Crippen molar-refractivity contribution >= 4 is 22.6 Å². The third kappa shape index (κ3) is 2.81. The fourth-order valence-corrected chi connectivity index (χ4v) is 2.28. The van der Waals surface area contributed by atoms with Crippen LogP contribution >= 0.6 is 0 Å². The molecule has 0 aliphatic rings. The van der Waals surface area contributed by atoms with Gasteiger partial charge in [0.15, 0.2) is 0 Å². The maximum absolute atomic E-state index is 12.4. The number of benzene rings is 2.